The van der Waals surface area contributed by atoms with Gasteiger partial charge >= 0.3 is 0 Å². The zero-order valence-electron chi connectivity index (χ0n) is 7.90. The Balaban J connectivity index is 2.64. The number of rotatable bonds is 5. The van der Waals surface area contributed by atoms with Crippen molar-refractivity contribution in [3.8, 4) is 5.75 Å². The molecule has 0 aliphatic rings. The largest absolute Gasteiger partial charge is 0.493 e. The van der Waals surface area contributed by atoms with Gasteiger partial charge in [-0.15, -0.1) is 0 Å². The van der Waals surface area contributed by atoms with Crippen LogP contribution in [0.4, 0.5) is 4.39 Å². The molecular formula is C10H10FNO3. The standard InChI is InChI=1S/C10H10FNO3/c11-8-3-7(6-13)4-9(5-8)15-2-1-10(12)14/h3-6H,1-2H2,(H2,12,14). The molecule has 2 N–H and O–H groups in total. The van der Waals surface area contributed by atoms with Crippen molar-refractivity contribution in [2.24, 2.45) is 5.73 Å². The van der Waals surface area contributed by atoms with E-state index in [9.17, 15) is 14.0 Å². The lowest BCUT2D eigenvalue weighted by Gasteiger charge is -2.05. The molecule has 1 aromatic rings. The molecule has 0 aromatic heterocycles. The molecule has 5 heteroatoms. The van der Waals surface area contributed by atoms with Crippen LogP contribution in [0.2, 0.25) is 0 Å². The summed E-state index contributed by atoms with van der Waals surface area (Å²) < 4.78 is 17.9. The summed E-state index contributed by atoms with van der Waals surface area (Å²) in [5, 5.41) is 0. The second-order valence-corrected chi connectivity index (χ2v) is 2.90. The SMILES string of the molecule is NC(=O)CCOc1cc(F)cc(C=O)c1. The van der Waals surface area contributed by atoms with Crippen LogP contribution in [0.15, 0.2) is 18.2 Å². The molecule has 1 rings (SSSR count). The second kappa shape index (κ2) is 5.09. The Morgan fingerprint density at radius 2 is 2.20 bits per heavy atom. The number of nitrogens with two attached hydrogens (primary N) is 1. The fourth-order valence-corrected chi connectivity index (χ4v) is 1.01. The Morgan fingerprint density at radius 3 is 2.80 bits per heavy atom. The van der Waals surface area contributed by atoms with E-state index in [-0.39, 0.29) is 24.3 Å². The van der Waals surface area contributed by atoms with Crippen LogP contribution in [0.25, 0.3) is 0 Å². The maximum absolute atomic E-state index is 12.9. The summed E-state index contributed by atoms with van der Waals surface area (Å²) in [4.78, 5) is 20.8. The van der Waals surface area contributed by atoms with Gasteiger partial charge in [-0.2, -0.15) is 0 Å². The maximum Gasteiger partial charge on any atom is 0.220 e. The van der Waals surface area contributed by atoms with Crippen LogP contribution in [-0.2, 0) is 4.79 Å². The van der Waals surface area contributed by atoms with E-state index in [1.807, 2.05) is 0 Å². The fraction of sp³-hybridized carbons (Fsp3) is 0.200. The number of halogens is 1. The summed E-state index contributed by atoms with van der Waals surface area (Å²) in [5.41, 5.74) is 5.08. The molecule has 0 atom stereocenters. The monoisotopic (exact) mass is 211 g/mol. The Hall–Kier alpha value is -1.91. The van der Waals surface area contributed by atoms with Gasteiger partial charge in [0.1, 0.15) is 17.9 Å². The van der Waals surface area contributed by atoms with Gasteiger partial charge in [0.15, 0.2) is 0 Å². The van der Waals surface area contributed by atoms with Crippen LogP contribution in [0.1, 0.15) is 16.8 Å². The summed E-state index contributed by atoms with van der Waals surface area (Å²) >= 11 is 0. The van der Waals surface area contributed by atoms with E-state index in [0.29, 0.717) is 6.29 Å². The molecule has 1 aromatic carbocycles. The van der Waals surface area contributed by atoms with Crippen molar-refractivity contribution in [3.63, 3.8) is 0 Å². The molecule has 0 radical (unpaired) electrons. The van der Waals surface area contributed by atoms with Gasteiger partial charge in [-0.1, -0.05) is 0 Å². The predicted octanol–water partition coefficient (Wildman–Crippen LogP) is 0.892. The van der Waals surface area contributed by atoms with Crippen molar-refractivity contribution in [2.45, 2.75) is 6.42 Å². The van der Waals surface area contributed by atoms with Crippen molar-refractivity contribution in [2.75, 3.05) is 6.61 Å². The zero-order chi connectivity index (χ0) is 11.3. The number of carbonyl (C=O) groups excluding carboxylic acids is 2. The van der Waals surface area contributed by atoms with Gasteiger partial charge in [-0.3, -0.25) is 9.59 Å². The fourth-order valence-electron chi connectivity index (χ4n) is 1.01. The molecule has 0 aliphatic carbocycles. The highest BCUT2D eigenvalue weighted by atomic mass is 19.1. The highest BCUT2D eigenvalue weighted by Gasteiger charge is 2.02. The lowest BCUT2D eigenvalue weighted by molar-refractivity contribution is -0.118. The first kappa shape index (κ1) is 11.2. The topological polar surface area (TPSA) is 69.4 Å². The number of carbonyl (C=O) groups is 2. The van der Waals surface area contributed by atoms with Gasteiger partial charge in [0.25, 0.3) is 0 Å². The van der Waals surface area contributed by atoms with Gasteiger partial charge in [-0.05, 0) is 12.1 Å². The molecule has 0 saturated carbocycles. The summed E-state index contributed by atoms with van der Waals surface area (Å²) in [6.07, 6.45) is 0.566. The molecule has 0 spiro atoms. The minimum Gasteiger partial charge on any atom is -0.493 e. The van der Waals surface area contributed by atoms with E-state index in [4.69, 9.17) is 10.5 Å². The van der Waals surface area contributed by atoms with Crippen LogP contribution >= 0.6 is 0 Å². The molecule has 0 aliphatic heterocycles. The Kier molecular flexibility index (Phi) is 3.79. The van der Waals surface area contributed by atoms with E-state index >= 15 is 0 Å². The van der Waals surface area contributed by atoms with Crippen molar-refractivity contribution in [1.29, 1.82) is 0 Å². The van der Waals surface area contributed by atoms with Crippen LogP contribution in [-0.4, -0.2) is 18.8 Å². The summed E-state index contributed by atoms with van der Waals surface area (Å²) in [5.74, 6) is -0.853. The third kappa shape index (κ3) is 3.76. The highest BCUT2D eigenvalue weighted by molar-refractivity contribution is 5.75. The number of hydrogen-bond donors (Lipinski definition) is 1. The number of aldehydes is 1. The Morgan fingerprint density at radius 1 is 1.47 bits per heavy atom. The van der Waals surface area contributed by atoms with Crippen LogP contribution in [0.3, 0.4) is 0 Å². The van der Waals surface area contributed by atoms with E-state index in [2.05, 4.69) is 0 Å². The van der Waals surface area contributed by atoms with Gasteiger partial charge in [0.05, 0.1) is 13.0 Å². The zero-order valence-corrected chi connectivity index (χ0v) is 7.90. The first-order chi connectivity index (χ1) is 7.11. The van der Waals surface area contributed by atoms with E-state index < -0.39 is 11.7 Å². The molecular weight excluding hydrogens is 201 g/mol. The van der Waals surface area contributed by atoms with Gasteiger partial charge < -0.3 is 10.5 Å². The molecule has 0 bridgehead atoms. The average Bonchev–Trinajstić information content (AvgIpc) is 2.16. The maximum atomic E-state index is 12.9. The first-order valence-corrected chi connectivity index (χ1v) is 4.28. The van der Waals surface area contributed by atoms with E-state index in [1.165, 1.54) is 6.07 Å². The molecule has 0 unspecified atom stereocenters. The van der Waals surface area contributed by atoms with Crippen LogP contribution < -0.4 is 10.5 Å². The number of benzene rings is 1. The van der Waals surface area contributed by atoms with E-state index in [0.717, 1.165) is 12.1 Å². The lowest BCUT2D eigenvalue weighted by atomic mass is 10.2. The quantitative estimate of drug-likeness (QED) is 0.735. The first-order valence-electron chi connectivity index (χ1n) is 4.28. The average molecular weight is 211 g/mol. The van der Waals surface area contributed by atoms with Crippen molar-refractivity contribution in [1.82, 2.24) is 0 Å². The molecule has 4 nitrogen and oxygen atoms in total. The van der Waals surface area contributed by atoms with E-state index in [1.54, 1.807) is 0 Å². The number of ether oxygens (including phenoxy) is 1. The van der Waals surface area contributed by atoms with Crippen molar-refractivity contribution < 1.29 is 18.7 Å². The Labute approximate surface area is 85.8 Å². The number of primary amides is 1. The molecule has 0 heterocycles. The number of amides is 1. The second-order valence-electron chi connectivity index (χ2n) is 2.90. The highest BCUT2D eigenvalue weighted by Crippen LogP contribution is 2.15. The Bertz CT molecular complexity index is 379. The normalized spacial score (nSPS) is 9.67. The van der Waals surface area contributed by atoms with Crippen molar-refractivity contribution in [3.05, 3.63) is 29.6 Å². The lowest BCUT2D eigenvalue weighted by Crippen LogP contribution is -2.14. The minimum absolute atomic E-state index is 0.0485. The van der Waals surface area contributed by atoms with Crippen LogP contribution in [0, 0.1) is 5.82 Å². The number of hydrogen-bond acceptors (Lipinski definition) is 3. The molecule has 15 heavy (non-hydrogen) atoms. The molecule has 80 valence electrons. The van der Waals surface area contributed by atoms with Gasteiger partial charge in [0, 0.05) is 11.6 Å². The minimum atomic E-state index is -0.561. The smallest absolute Gasteiger partial charge is 0.220 e. The van der Waals surface area contributed by atoms with Gasteiger partial charge in [0.2, 0.25) is 5.91 Å². The summed E-state index contributed by atoms with van der Waals surface area (Å²) in [6, 6.07) is 3.61. The third-order valence-corrected chi connectivity index (χ3v) is 1.65. The third-order valence-electron chi connectivity index (χ3n) is 1.65. The summed E-state index contributed by atoms with van der Waals surface area (Å²) in [7, 11) is 0. The van der Waals surface area contributed by atoms with Gasteiger partial charge in [-0.25, -0.2) is 4.39 Å². The molecule has 0 saturated heterocycles. The predicted molar refractivity (Wildman–Crippen MR) is 51.1 cm³/mol. The molecule has 1 amide bonds. The van der Waals surface area contributed by atoms with Crippen LogP contribution in [0.5, 0.6) is 5.75 Å². The van der Waals surface area contributed by atoms with Crippen molar-refractivity contribution >= 4 is 12.2 Å². The summed E-state index contributed by atoms with van der Waals surface area (Å²) in [6.45, 7) is 0.0666. The molecule has 0 fully saturated rings.